The number of sulfone groups is 1. The van der Waals surface area contributed by atoms with Gasteiger partial charge >= 0.3 is 5.97 Å². The summed E-state index contributed by atoms with van der Waals surface area (Å²) in [5, 5.41) is 11.4. The second kappa shape index (κ2) is 10.9. The van der Waals surface area contributed by atoms with Gasteiger partial charge < -0.3 is 9.47 Å². The molecule has 2 aromatic carbocycles. The Morgan fingerprint density at radius 1 is 1.20 bits per heavy atom. The number of carbonyl (C=O) groups is 2. The number of anilines is 1. The summed E-state index contributed by atoms with van der Waals surface area (Å²) in [6.07, 6.45) is 1.30. The minimum atomic E-state index is -3.62. The van der Waals surface area contributed by atoms with E-state index in [9.17, 15) is 23.3 Å². The van der Waals surface area contributed by atoms with E-state index in [0.29, 0.717) is 22.7 Å². The lowest BCUT2D eigenvalue weighted by Crippen LogP contribution is -2.14. The van der Waals surface area contributed by atoms with Gasteiger partial charge in [0.15, 0.2) is 11.5 Å². The number of amides is 1. The fourth-order valence-electron chi connectivity index (χ4n) is 2.78. The highest BCUT2D eigenvalue weighted by Gasteiger charge is 2.20. The van der Waals surface area contributed by atoms with Crippen LogP contribution in [0.4, 0.5) is 5.13 Å². The number of aromatic nitrogens is 2. The molecule has 0 bridgehead atoms. The van der Waals surface area contributed by atoms with Gasteiger partial charge in [0.1, 0.15) is 11.6 Å². The Bertz CT molecular complexity index is 1450. The number of benzene rings is 2. The Balaban J connectivity index is 1.79. The van der Waals surface area contributed by atoms with Crippen molar-refractivity contribution in [1.82, 2.24) is 9.36 Å². The van der Waals surface area contributed by atoms with Crippen LogP contribution in [0.15, 0.2) is 53.2 Å². The van der Waals surface area contributed by atoms with Crippen molar-refractivity contribution < 1.29 is 27.5 Å². The number of rotatable bonds is 8. The molecule has 0 radical (unpaired) electrons. The zero-order valence-electron chi connectivity index (χ0n) is 18.9. The van der Waals surface area contributed by atoms with E-state index in [1.807, 2.05) is 13.0 Å². The molecule has 0 aliphatic carbocycles. The molecule has 1 aromatic heterocycles. The molecule has 0 aliphatic rings. The summed E-state index contributed by atoms with van der Waals surface area (Å²) in [7, 11) is -2.23. The van der Waals surface area contributed by atoms with Gasteiger partial charge in [0.2, 0.25) is 15.0 Å². The summed E-state index contributed by atoms with van der Waals surface area (Å²) in [6, 6.07) is 13.3. The Hall–Kier alpha value is -4.08. The van der Waals surface area contributed by atoms with Crippen molar-refractivity contribution in [2.24, 2.45) is 0 Å². The average Bonchev–Trinajstić information content (AvgIpc) is 3.32. The number of nitriles is 1. The van der Waals surface area contributed by atoms with E-state index in [4.69, 9.17) is 9.47 Å². The second-order valence-corrected chi connectivity index (χ2v) is 10.0. The number of nitrogens with zero attached hydrogens (tertiary/aromatic N) is 3. The third-order valence-electron chi connectivity index (χ3n) is 4.61. The molecule has 12 heteroatoms. The highest BCUT2D eigenvalue weighted by Crippen LogP contribution is 2.30. The van der Waals surface area contributed by atoms with E-state index in [-0.39, 0.29) is 33.1 Å². The molecule has 1 heterocycles. The molecule has 0 unspecified atom stereocenters. The lowest BCUT2D eigenvalue weighted by atomic mass is 10.1. The van der Waals surface area contributed by atoms with Gasteiger partial charge in [-0.2, -0.15) is 14.6 Å². The fourth-order valence-corrected chi connectivity index (χ4v) is 4.37. The maximum atomic E-state index is 12.5. The first-order chi connectivity index (χ1) is 16.7. The van der Waals surface area contributed by atoms with Crippen LogP contribution in [-0.4, -0.2) is 42.5 Å². The third kappa shape index (κ3) is 6.28. The van der Waals surface area contributed by atoms with Gasteiger partial charge in [-0.3, -0.25) is 10.1 Å². The molecule has 0 atom stereocenters. The molecule has 0 fully saturated rings. The number of nitrogens with one attached hydrogen (secondary N) is 1. The smallest absolute Gasteiger partial charge is 0.343 e. The fraction of sp³-hybridized carbons (Fsp3) is 0.174. The molecule has 0 aliphatic heterocycles. The lowest BCUT2D eigenvalue weighted by Gasteiger charge is -2.10. The van der Waals surface area contributed by atoms with Crippen molar-refractivity contribution in [3.63, 3.8) is 0 Å². The monoisotopic (exact) mass is 512 g/mol. The molecular weight excluding hydrogens is 492 g/mol. The van der Waals surface area contributed by atoms with E-state index < -0.39 is 21.7 Å². The Labute approximate surface area is 205 Å². The third-order valence-corrected chi connectivity index (χ3v) is 6.85. The van der Waals surface area contributed by atoms with Gasteiger partial charge in [0.25, 0.3) is 11.1 Å². The first kappa shape index (κ1) is 25.5. The number of hydrogen-bond donors (Lipinski definition) is 1. The number of aryl methyl sites for hydroxylation is 1. The van der Waals surface area contributed by atoms with Crippen LogP contribution in [0.5, 0.6) is 11.5 Å². The second-order valence-electron chi connectivity index (χ2n) is 7.08. The number of esters is 1. The van der Waals surface area contributed by atoms with Crippen LogP contribution in [0.3, 0.4) is 0 Å². The van der Waals surface area contributed by atoms with Crippen LogP contribution in [0.1, 0.15) is 28.4 Å². The summed E-state index contributed by atoms with van der Waals surface area (Å²) in [5.41, 5.74) is 1.44. The largest absolute Gasteiger partial charge is 0.493 e. The van der Waals surface area contributed by atoms with Gasteiger partial charge in [0.05, 0.1) is 18.4 Å². The van der Waals surface area contributed by atoms with Crippen LogP contribution >= 0.6 is 11.5 Å². The standard InChI is InChI=1S/C23H20N4O6S2/c1-4-35(30,31)23-26-22(34-27-23)25-20(28)17(13-24)11-15-8-9-18(19(12-15)32-3)33-21(29)16-7-5-6-14(2)10-16/h5-12H,4H2,1-3H3,(H,25,26,27,28)/b17-11-. The van der Waals surface area contributed by atoms with Crippen molar-refractivity contribution in [1.29, 1.82) is 5.26 Å². The molecule has 3 rings (SSSR count). The van der Waals surface area contributed by atoms with E-state index in [1.54, 1.807) is 30.3 Å². The maximum absolute atomic E-state index is 12.5. The summed E-state index contributed by atoms with van der Waals surface area (Å²) in [6.45, 7) is 3.31. The molecule has 3 aromatic rings. The number of hydrogen-bond acceptors (Lipinski definition) is 10. The molecule has 1 amide bonds. The van der Waals surface area contributed by atoms with Gasteiger partial charge in [-0.1, -0.05) is 30.7 Å². The minimum Gasteiger partial charge on any atom is -0.493 e. The zero-order valence-corrected chi connectivity index (χ0v) is 20.6. The zero-order chi connectivity index (χ0) is 25.6. The quantitative estimate of drug-likeness (QED) is 0.207. The topological polar surface area (TPSA) is 148 Å². The van der Waals surface area contributed by atoms with E-state index in [2.05, 4.69) is 14.7 Å². The van der Waals surface area contributed by atoms with E-state index in [0.717, 1.165) is 5.56 Å². The van der Waals surface area contributed by atoms with Crippen molar-refractivity contribution in [3.05, 3.63) is 64.7 Å². The summed E-state index contributed by atoms with van der Waals surface area (Å²) < 4.78 is 38.2. The summed E-state index contributed by atoms with van der Waals surface area (Å²) >= 11 is 0.690. The molecule has 180 valence electrons. The first-order valence-corrected chi connectivity index (χ1v) is 12.6. The first-order valence-electron chi connectivity index (χ1n) is 10.1. The Morgan fingerprint density at radius 3 is 2.63 bits per heavy atom. The number of ether oxygens (including phenoxy) is 2. The van der Waals surface area contributed by atoms with Crippen LogP contribution in [0.25, 0.3) is 6.08 Å². The summed E-state index contributed by atoms with van der Waals surface area (Å²) in [5.74, 6) is -1.15. The van der Waals surface area contributed by atoms with Crippen molar-refractivity contribution in [2.45, 2.75) is 19.0 Å². The Morgan fingerprint density at radius 2 is 1.97 bits per heavy atom. The maximum Gasteiger partial charge on any atom is 0.343 e. The van der Waals surface area contributed by atoms with Gasteiger partial charge in [-0.25, -0.2) is 13.2 Å². The molecule has 35 heavy (non-hydrogen) atoms. The van der Waals surface area contributed by atoms with Crippen molar-refractivity contribution in [2.75, 3.05) is 18.2 Å². The van der Waals surface area contributed by atoms with Gasteiger partial charge in [0, 0.05) is 11.5 Å². The number of methoxy groups -OCH3 is 1. The molecule has 10 nitrogen and oxygen atoms in total. The lowest BCUT2D eigenvalue weighted by molar-refractivity contribution is -0.112. The van der Waals surface area contributed by atoms with E-state index >= 15 is 0 Å². The molecular formula is C23H20N4O6S2. The van der Waals surface area contributed by atoms with Crippen molar-refractivity contribution in [3.8, 4) is 17.6 Å². The molecule has 0 saturated carbocycles. The van der Waals surface area contributed by atoms with E-state index in [1.165, 1.54) is 32.2 Å². The van der Waals surface area contributed by atoms with Gasteiger partial charge in [-0.05, 0) is 42.8 Å². The summed E-state index contributed by atoms with van der Waals surface area (Å²) in [4.78, 5) is 28.8. The van der Waals surface area contributed by atoms with Gasteiger partial charge in [-0.15, -0.1) is 0 Å². The molecule has 1 N–H and O–H groups in total. The SMILES string of the molecule is CCS(=O)(=O)c1nsc(NC(=O)/C(C#N)=C\c2ccc(OC(=O)c3cccc(C)c3)c(OC)c2)n1. The van der Waals surface area contributed by atoms with Crippen LogP contribution < -0.4 is 14.8 Å². The predicted molar refractivity (Wildman–Crippen MR) is 129 cm³/mol. The predicted octanol–water partition coefficient (Wildman–Crippen LogP) is 3.41. The highest BCUT2D eigenvalue weighted by atomic mass is 32.2. The van der Waals surface area contributed by atoms with Crippen LogP contribution in [0, 0.1) is 18.3 Å². The highest BCUT2D eigenvalue weighted by molar-refractivity contribution is 7.91. The van der Waals surface area contributed by atoms with Crippen LogP contribution in [0.2, 0.25) is 0 Å². The normalized spacial score (nSPS) is 11.4. The van der Waals surface area contributed by atoms with Crippen LogP contribution in [-0.2, 0) is 14.6 Å². The van der Waals surface area contributed by atoms with Crippen molar-refractivity contribution >= 4 is 44.5 Å². The minimum absolute atomic E-state index is 0.0563. The number of carbonyl (C=O) groups excluding carboxylic acids is 2. The Kier molecular flexibility index (Phi) is 7.95. The molecule has 0 spiro atoms. The average molecular weight is 513 g/mol. The molecule has 0 saturated heterocycles.